The second-order valence-electron chi connectivity index (χ2n) is 17.6. The van der Waals surface area contributed by atoms with Gasteiger partial charge in [-0.05, 0) is 23.7 Å². The maximum atomic E-state index is 12.7. The van der Waals surface area contributed by atoms with E-state index in [0.717, 1.165) is 32.1 Å². The van der Waals surface area contributed by atoms with E-state index in [4.69, 9.17) is 18.5 Å². The molecule has 0 heterocycles. The zero-order chi connectivity index (χ0) is 43.3. The quantitative estimate of drug-likeness (QED) is 0.0257. The molecule has 0 saturated carbocycles. The van der Waals surface area contributed by atoms with E-state index < -0.39 is 26.5 Å². The highest BCUT2D eigenvalue weighted by Gasteiger charge is 2.21. The van der Waals surface area contributed by atoms with E-state index >= 15 is 0 Å². The van der Waals surface area contributed by atoms with Gasteiger partial charge >= 0.3 is 11.9 Å². The third-order valence-electron chi connectivity index (χ3n) is 11.4. The van der Waals surface area contributed by atoms with E-state index in [1.165, 1.54) is 193 Å². The number of carbonyl (C=O) groups is 2. The van der Waals surface area contributed by atoms with Gasteiger partial charge in [0.15, 0.2) is 6.10 Å². The maximum Gasteiger partial charge on any atom is 0.306 e. The summed E-state index contributed by atoms with van der Waals surface area (Å²) in [5, 5.41) is 0. The lowest BCUT2D eigenvalue weighted by molar-refractivity contribution is -0.228. The summed E-state index contributed by atoms with van der Waals surface area (Å²) in [7, 11) is -4.55. The van der Waals surface area contributed by atoms with Gasteiger partial charge in [-0.2, -0.15) is 0 Å². The monoisotopic (exact) mass is 877 g/mol. The molecular weight excluding hydrogens is 780 g/mol. The van der Waals surface area contributed by atoms with E-state index in [1.54, 1.807) is 0 Å². The minimum absolute atomic E-state index is 0.0316. The second kappa shape index (κ2) is 45.4. The first kappa shape index (κ1) is 58.4. The van der Waals surface area contributed by atoms with Gasteiger partial charge in [-0.3, -0.25) is 14.2 Å². The molecule has 0 N–H and O–H groups in total. The first-order chi connectivity index (χ1) is 28.7. The predicted octanol–water partition coefficient (Wildman–Crippen LogP) is 14.7. The minimum atomic E-state index is -4.58. The molecule has 0 aromatic carbocycles. The van der Waals surface area contributed by atoms with Crippen molar-refractivity contribution in [2.24, 2.45) is 0 Å². The Labute approximate surface area is 368 Å². The third kappa shape index (κ3) is 46.7. The molecule has 10 heteroatoms. The largest absolute Gasteiger partial charge is 0.756 e. The van der Waals surface area contributed by atoms with E-state index in [9.17, 15) is 19.0 Å². The summed E-state index contributed by atoms with van der Waals surface area (Å²) >= 11 is 0. The zero-order valence-corrected chi connectivity index (χ0v) is 41.1. The molecule has 0 bridgehead atoms. The highest BCUT2D eigenvalue weighted by Crippen LogP contribution is 2.38. The van der Waals surface area contributed by atoms with Crippen LogP contribution in [0.4, 0.5) is 0 Å². The van der Waals surface area contributed by atoms with Gasteiger partial charge in [0, 0.05) is 12.8 Å². The SMILES string of the molecule is CCCCCCCCCCCCCCCCCCCCCC(=O)O[C@H](COC(=O)CCCCCCCCCCCCCCCCCCC)COP(=O)([O-])OCC[S+](C)C. The van der Waals surface area contributed by atoms with Gasteiger partial charge < -0.3 is 23.4 Å². The van der Waals surface area contributed by atoms with Gasteiger partial charge in [-0.1, -0.05) is 232 Å². The fraction of sp³-hybridized carbons (Fsp3) is 0.959. The molecule has 8 nitrogen and oxygen atoms in total. The van der Waals surface area contributed by atoms with Crippen LogP contribution in [0.1, 0.15) is 258 Å². The Bertz CT molecular complexity index is 951. The van der Waals surface area contributed by atoms with E-state index in [0.29, 0.717) is 18.6 Å². The molecule has 0 aliphatic carbocycles. The van der Waals surface area contributed by atoms with Crippen molar-refractivity contribution < 1.29 is 37.6 Å². The first-order valence-electron chi connectivity index (χ1n) is 25.2. The molecule has 0 amide bonds. The highest BCUT2D eigenvalue weighted by atomic mass is 32.2. The minimum Gasteiger partial charge on any atom is -0.756 e. The van der Waals surface area contributed by atoms with Gasteiger partial charge in [0.1, 0.15) is 12.4 Å². The van der Waals surface area contributed by atoms with Crippen molar-refractivity contribution in [1.29, 1.82) is 0 Å². The molecule has 0 aromatic rings. The number of esters is 2. The van der Waals surface area contributed by atoms with Crippen LogP contribution in [0.25, 0.3) is 0 Å². The molecular formula is C49H97O8PS. The summed E-state index contributed by atoms with van der Waals surface area (Å²) in [5.41, 5.74) is 0. The molecule has 0 radical (unpaired) electrons. The van der Waals surface area contributed by atoms with Crippen LogP contribution >= 0.6 is 7.82 Å². The first-order valence-corrected chi connectivity index (χ1v) is 28.9. The summed E-state index contributed by atoms with van der Waals surface area (Å²) in [6.45, 7) is 3.90. The Morgan fingerprint density at radius 3 is 1.08 bits per heavy atom. The van der Waals surface area contributed by atoms with E-state index in [2.05, 4.69) is 13.8 Å². The van der Waals surface area contributed by atoms with Crippen molar-refractivity contribution in [3.8, 4) is 0 Å². The summed E-state index contributed by atoms with van der Waals surface area (Å²) in [6, 6.07) is 0. The third-order valence-corrected chi connectivity index (χ3v) is 13.3. The number of phosphoric acid groups is 1. The van der Waals surface area contributed by atoms with Crippen molar-refractivity contribution in [2.45, 2.75) is 264 Å². The zero-order valence-electron chi connectivity index (χ0n) is 39.4. The van der Waals surface area contributed by atoms with Crippen molar-refractivity contribution in [2.75, 3.05) is 38.1 Å². The molecule has 0 aliphatic rings. The number of hydrogen-bond acceptors (Lipinski definition) is 8. The van der Waals surface area contributed by atoms with Gasteiger partial charge in [0.05, 0.1) is 25.7 Å². The lowest BCUT2D eigenvalue weighted by Gasteiger charge is -2.25. The molecule has 0 aromatic heterocycles. The summed E-state index contributed by atoms with van der Waals surface area (Å²) in [6.07, 6.45) is 49.7. The number of carbonyl (C=O) groups excluding carboxylic acids is 2. The van der Waals surface area contributed by atoms with Crippen LogP contribution < -0.4 is 4.89 Å². The topological polar surface area (TPSA) is 111 Å². The van der Waals surface area contributed by atoms with Crippen LogP contribution in [0.2, 0.25) is 0 Å². The van der Waals surface area contributed by atoms with E-state index in [1.807, 2.05) is 12.5 Å². The molecule has 0 rings (SSSR count). The smallest absolute Gasteiger partial charge is 0.306 e. The molecule has 352 valence electrons. The molecule has 0 aliphatic heterocycles. The van der Waals surface area contributed by atoms with Crippen LogP contribution in [0.3, 0.4) is 0 Å². The van der Waals surface area contributed by atoms with Gasteiger partial charge in [-0.25, -0.2) is 0 Å². The van der Waals surface area contributed by atoms with Crippen LogP contribution in [0.15, 0.2) is 0 Å². The fourth-order valence-corrected chi connectivity index (χ4v) is 8.77. The fourth-order valence-electron chi connectivity index (χ4n) is 7.49. The Balaban J connectivity index is 4.14. The molecule has 0 saturated heterocycles. The molecule has 0 fully saturated rings. The molecule has 2 atom stereocenters. The maximum absolute atomic E-state index is 12.7. The number of rotatable bonds is 48. The molecule has 59 heavy (non-hydrogen) atoms. The number of phosphoric ester groups is 1. The van der Waals surface area contributed by atoms with E-state index in [-0.39, 0.29) is 36.5 Å². The number of ether oxygens (including phenoxy) is 2. The molecule has 1 unspecified atom stereocenters. The summed E-state index contributed by atoms with van der Waals surface area (Å²) in [4.78, 5) is 37.5. The lowest BCUT2D eigenvalue weighted by atomic mass is 10.0. The van der Waals surface area contributed by atoms with Crippen molar-refractivity contribution in [3.63, 3.8) is 0 Å². The predicted molar refractivity (Wildman–Crippen MR) is 251 cm³/mol. The van der Waals surface area contributed by atoms with Crippen LogP contribution in [-0.2, 0) is 43.6 Å². The van der Waals surface area contributed by atoms with Gasteiger partial charge in [-0.15, -0.1) is 0 Å². The standard InChI is InChI=1S/C49H97O8PS/c1-5-7-9-11-13-15-17-19-21-23-24-26-28-30-32-34-36-38-40-42-49(51)57-47(46-56-58(52,53)55-43-44-59(3)4)45-54-48(50)41-39-37-35-33-31-29-27-25-22-20-18-16-14-12-10-8-6-2/h47H,5-46H2,1-4H3/t47-/m1/s1. The second-order valence-corrected chi connectivity index (χ2v) is 21.4. The average molecular weight is 877 g/mol. The number of unbranched alkanes of at least 4 members (excludes halogenated alkanes) is 34. The van der Waals surface area contributed by atoms with Crippen LogP contribution in [0.5, 0.6) is 0 Å². The summed E-state index contributed by atoms with van der Waals surface area (Å²) in [5.74, 6) is -0.201. The van der Waals surface area contributed by atoms with Crippen molar-refractivity contribution in [1.82, 2.24) is 0 Å². The Morgan fingerprint density at radius 1 is 0.458 bits per heavy atom. The van der Waals surface area contributed by atoms with Crippen molar-refractivity contribution >= 4 is 30.7 Å². The average Bonchev–Trinajstić information content (AvgIpc) is 3.20. The lowest BCUT2D eigenvalue weighted by Crippen LogP contribution is -2.30. The van der Waals surface area contributed by atoms with Gasteiger partial charge in [0.2, 0.25) is 0 Å². The summed E-state index contributed by atoms with van der Waals surface area (Å²) < 4.78 is 33.3. The Hall–Kier alpha value is -0.600. The normalized spacial score (nSPS) is 13.2. The Morgan fingerprint density at radius 2 is 0.763 bits per heavy atom. The van der Waals surface area contributed by atoms with Gasteiger partial charge in [0.25, 0.3) is 7.82 Å². The highest BCUT2D eigenvalue weighted by molar-refractivity contribution is 7.95. The molecule has 0 spiro atoms. The van der Waals surface area contributed by atoms with Crippen molar-refractivity contribution in [3.05, 3.63) is 0 Å². The van der Waals surface area contributed by atoms with Crippen LogP contribution in [0, 0.1) is 0 Å². The number of hydrogen-bond donors (Lipinski definition) is 0. The van der Waals surface area contributed by atoms with Crippen LogP contribution in [-0.4, -0.2) is 56.1 Å². The Kier molecular flexibility index (Phi) is 45.0.